The van der Waals surface area contributed by atoms with Crippen LogP contribution < -0.4 is 14.4 Å². The zero-order chi connectivity index (χ0) is 37.7. The number of anilines is 1. The van der Waals surface area contributed by atoms with Gasteiger partial charge in [-0.3, -0.25) is 0 Å². The second kappa shape index (κ2) is 14.5. The van der Waals surface area contributed by atoms with E-state index in [-0.39, 0.29) is 5.41 Å². The number of hydrogen-bond acceptors (Lipinski definition) is 6. The molecule has 1 saturated heterocycles. The fourth-order valence-corrected chi connectivity index (χ4v) is 10.9. The van der Waals surface area contributed by atoms with E-state index in [1.54, 1.807) is 18.9 Å². The maximum atomic E-state index is 7.76. The van der Waals surface area contributed by atoms with E-state index >= 15 is 0 Å². The Bertz CT molecular complexity index is 2410. The predicted molar refractivity (Wildman–Crippen MR) is 233 cm³/mol. The second-order valence-electron chi connectivity index (χ2n) is 14.7. The van der Waals surface area contributed by atoms with Crippen LogP contribution in [0, 0.1) is 0 Å². The fourth-order valence-electron chi connectivity index (χ4n) is 9.39. The highest BCUT2D eigenvalue weighted by Gasteiger charge is 2.47. The SMILES string of the molecule is CCC1(CC)c2cc(-c3ccccc3)ccc2-c2c1c1c(c3cc(SC)c(SC)cc23)OC(c2ccc(OC)cc2)(c2ccc(N3CCOCC3)cc2)C=C1. The molecular weight excluding hydrogens is 715 g/mol. The molecule has 1 fully saturated rings. The summed E-state index contributed by atoms with van der Waals surface area (Å²) in [5.74, 6) is 1.78. The quantitative estimate of drug-likeness (QED) is 0.136. The number of benzene rings is 6. The molecular formula is C49H47NO3S2. The van der Waals surface area contributed by atoms with Gasteiger partial charge in [-0.2, -0.15) is 0 Å². The molecule has 9 rings (SSSR count). The summed E-state index contributed by atoms with van der Waals surface area (Å²) in [4.78, 5) is 4.96. The van der Waals surface area contributed by atoms with E-state index < -0.39 is 5.60 Å². The summed E-state index contributed by atoms with van der Waals surface area (Å²) < 4.78 is 19.0. The zero-order valence-corrected chi connectivity index (χ0v) is 33.9. The molecule has 0 spiro atoms. The monoisotopic (exact) mass is 761 g/mol. The van der Waals surface area contributed by atoms with E-state index in [0.29, 0.717) is 0 Å². The number of fused-ring (bicyclic) bond motifs is 8. The van der Waals surface area contributed by atoms with Gasteiger partial charge in [0.15, 0.2) is 5.60 Å². The number of ether oxygens (including phenoxy) is 3. The second-order valence-corrected chi connectivity index (χ2v) is 16.4. The first-order chi connectivity index (χ1) is 27.0. The van der Waals surface area contributed by atoms with Crippen LogP contribution in [-0.2, 0) is 15.8 Å². The molecule has 2 aliphatic heterocycles. The van der Waals surface area contributed by atoms with Gasteiger partial charge in [0.2, 0.25) is 0 Å². The number of hydrogen-bond donors (Lipinski definition) is 0. The highest BCUT2D eigenvalue weighted by molar-refractivity contribution is 8.01. The standard InChI is InChI=1S/C49H47NO3S2/c1-6-48(7-2)42-29-33(32-11-9-8-10-12-32)13-22-38(42)45-40-30-43(54-4)44(55-5)31-41(40)47-39(46(45)48)23-24-49(53-47,35-16-20-37(51-3)21-17-35)34-14-18-36(19-15-34)50-25-27-52-28-26-50/h8-24,29-31H,6-7,25-28H2,1-5H3. The minimum atomic E-state index is -0.866. The summed E-state index contributed by atoms with van der Waals surface area (Å²) in [7, 11) is 1.72. The Morgan fingerprint density at radius 1 is 0.727 bits per heavy atom. The van der Waals surface area contributed by atoms with Crippen molar-refractivity contribution in [2.24, 2.45) is 0 Å². The lowest BCUT2D eigenvalue weighted by atomic mass is 9.70. The summed E-state index contributed by atoms with van der Waals surface area (Å²) in [6.45, 7) is 8.02. The van der Waals surface area contributed by atoms with Gasteiger partial charge in [0.05, 0.1) is 20.3 Å². The van der Waals surface area contributed by atoms with Gasteiger partial charge in [-0.1, -0.05) is 86.7 Å². The summed E-state index contributed by atoms with van der Waals surface area (Å²) in [6, 6.07) is 40.2. The minimum Gasteiger partial charge on any atom is -0.497 e. The Morgan fingerprint density at radius 3 is 2.02 bits per heavy atom. The van der Waals surface area contributed by atoms with Crippen LogP contribution in [-0.4, -0.2) is 45.9 Å². The topological polar surface area (TPSA) is 30.9 Å². The van der Waals surface area contributed by atoms with E-state index in [4.69, 9.17) is 14.2 Å². The van der Waals surface area contributed by atoms with Crippen molar-refractivity contribution in [3.63, 3.8) is 0 Å². The summed E-state index contributed by atoms with van der Waals surface area (Å²) >= 11 is 3.62. The molecule has 6 aromatic carbocycles. The Hall–Kier alpha value is -4.62. The molecule has 0 bridgehead atoms. The van der Waals surface area contributed by atoms with E-state index in [1.807, 2.05) is 23.9 Å². The normalized spacial score (nSPS) is 18.1. The first-order valence-electron chi connectivity index (χ1n) is 19.4. The zero-order valence-electron chi connectivity index (χ0n) is 32.3. The largest absolute Gasteiger partial charge is 0.497 e. The van der Waals surface area contributed by atoms with Crippen molar-refractivity contribution < 1.29 is 14.2 Å². The maximum absolute atomic E-state index is 7.76. The van der Waals surface area contributed by atoms with Crippen molar-refractivity contribution >= 4 is 46.1 Å². The van der Waals surface area contributed by atoms with E-state index in [9.17, 15) is 0 Å². The molecule has 6 heteroatoms. The predicted octanol–water partition coefficient (Wildman–Crippen LogP) is 12.2. The van der Waals surface area contributed by atoms with E-state index in [1.165, 1.54) is 59.8 Å². The van der Waals surface area contributed by atoms with Gasteiger partial charge in [-0.05, 0) is 113 Å². The average molecular weight is 762 g/mol. The fraction of sp³-hybridized carbons (Fsp3) is 0.265. The van der Waals surface area contributed by atoms with Gasteiger partial charge in [-0.15, -0.1) is 23.5 Å². The van der Waals surface area contributed by atoms with Crippen molar-refractivity contribution in [1.29, 1.82) is 0 Å². The molecule has 278 valence electrons. The minimum absolute atomic E-state index is 0.182. The molecule has 1 aliphatic carbocycles. The number of morpholine rings is 1. The molecule has 1 atom stereocenters. The summed E-state index contributed by atoms with van der Waals surface area (Å²) in [6.07, 6.45) is 11.0. The molecule has 3 aliphatic rings. The van der Waals surface area contributed by atoms with Crippen LogP contribution in [0.4, 0.5) is 5.69 Å². The van der Waals surface area contributed by atoms with Gasteiger partial charge < -0.3 is 19.1 Å². The van der Waals surface area contributed by atoms with Crippen molar-refractivity contribution in [2.75, 3.05) is 50.8 Å². The van der Waals surface area contributed by atoms with Gasteiger partial charge in [0.25, 0.3) is 0 Å². The van der Waals surface area contributed by atoms with Gasteiger partial charge in [0.1, 0.15) is 11.5 Å². The van der Waals surface area contributed by atoms with Crippen LogP contribution in [0.25, 0.3) is 39.1 Å². The molecule has 0 saturated carbocycles. The van der Waals surface area contributed by atoms with Gasteiger partial charge >= 0.3 is 0 Å². The summed E-state index contributed by atoms with van der Waals surface area (Å²) in [5, 5.41) is 2.42. The molecule has 0 aromatic heterocycles. The van der Waals surface area contributed by atoms with Crippen molar-refractivity contribution in [1.82, 2.24) is 0 Å². The molecule has 2 heterocycles. The van der Waals surface area contributed by atoms with Crippen molar-refractivity contribution in [2.45, 2.75) is 47.5 Å². The molecule has 0 radical (unpaired) electrons. The highest BCUT2D eigenvalue weighted by Crippen LogP contribution is 2.61. The number of rotatable bonds is 9. The number of nitrogens with zero attached hydrogens (tertiary/aromatic N) is 1. The van der Waals surface area contributed by atoms with E-state index in [0.717, 1.165) is 67.2 Å². The molecule has 55 heavy (non-hydrogen) atoms. The highest BCUT2D eigenvalue weighted by atomic mass is 32.2. The number of methoxy groups -OCH3 is 1. The first-order valence-corrected chi connectivity index (χ1v) is 21.9. The Balaban J connectivity index is 1.31. The lowest BCUT2D eigenvalue weighted by molar-refractivity contribution is 0.122. The molecule has 1 unspecified atom stereocenters. The van der Waals surface area contributed by atoms with Crippen LogP contribution in [0.15, 0.2) is 125 Å². The van der Waals surface area contributed by atoms with Gasteiger partial charge in [0, 0.05) is 56.1 Å². The Labute approximate surface area is 333 Å². The molecule has 6 aromatic rings. The van der Waals surface area contributed by atoms with Crippen LogP contribution in [0.1, 0.15) is 54.5 Å². The third-order valence-electron chi connectivity index (χ3n) is 12.3. The maximum Gasteiger partial charge on any atom is 0.178 e. The average Bonchev–Trinajstić information content (AvgIpc) is 3.56. The van der Waals surface area contributed by atoms with Crippen LogP contribution >= 0.6 is 23.5 Å². The lowest BCUT2D eigenvalue weighted by Crippen LogP contribution is -2.37. The third kappa shape index (κ3) is 5.71. The van der Waals surface area contributed by atoms with Crippen LogP contribution in [0.2, 0.25) is 0 Å². The van der Waals surface area contributed by atoms with E-state index in [2.05, 4.69) is 140 Å². The Morgan fingerprint density at radius 2 is 1.38 bits per heavy atom. The third-order valence-corrected chi connectivity index (χ3v) is 14.0. The van der Waals surface area contributed by atoms with Crippen LogP contribution in [0.3, 0.4) is 0 Å². The lowest BCUT2D eigenvalue weighted by Gasteiger charge is -2.39. The van der Waals surface area contributed by atoms with Crippen LogP contribution in [0.5, 0.6) is 11.5 Å². The smallest absolute Gasteiger partial charge is 0.178 e. The van der Waals surface area contributed by atoms with Crippen molar-refractivity contribution in [3.05, 3.63) is 143 Å². The molecule has 0 N–H and O–H groups in total. The summed E-state index contributed by atoms with van der Waals surface area (Å²) in [5.41, 5.74) is 11.5. The Kier molecular flexibility index (Phi) is 9.48. The molecule has 0 amide bonds. The number of thioether (sulfide) groups is 2. The molecule has 4 nitrogen and oxygen atoms in total. The van der Waals surface area contributed by atoms with Crippen molar-refractivity contribution in [3.8, 4) is 33.8 Å². The first kappa shape index (κ1) is 36.0. The van der Waals surface area contributed by atoms with Gasteiger partial charge in [-0.25, -0.2) is 0 Å².